The van der Waals surface area contributed by atoms with Gasteiger partial charge in [0.15, 0.2) is 8.32 Å². The molecule has 0 aliphatic rings. The van der Waals surface area contributed by atoms with Crippen LogP contribution in [0.4, 0.5) is 19.0 Å². The molecule has 0 saturated heterocycles. The molecule has 0 aliphatic heterocycles. The molecular weight excluding hydrogens is 527 g/mol. The zero-order valence-corrected chi connectivity index (χ0v) is 21.3. The lowest BCUT2D eigenvalue weighted by atomic mass is 9.97. The first kappa shape index (κ1) is 27.1. The van der Waals surface area contributed by atoms with Gasteiger partial charge in [-0.1, -0.05) is 13.8 Å². The Balaban J connectivity index is 2.12. The number of halogens is 4. The van der Waals surface area contributed by atoms with Crippen LogP contribution in [0.2, 0.25) is 18.1 Å². The zero-order valence-electron chi connectivity index (χ0n) is 18.7. The van der Waals surface area contributed by atoms with Crippen LogP contribution in [-0.4, -0.2) is 40.6 Å². The number of hydrogen-bond acceptors (Lipinski definition) is 6. The van der Waals surface area contributed by atoms with Gasteiger partial charge in [0.2, 0.25) is 0 Å². The van der Waals surface area contributed by atoms with E-state index in [1.807, 2.05) is 26.9 Å². The molecule has 1 N–H and O–H groups in total. The van der Waals surface area contributed by atoms with E-state index < -0.39 is 19.6 Å². The number of ether oxygens (including phenoxy) is 2. The Morgan fingerprint density at radius 1 is 1.24 bits per heavy atom. The van der Waals surface area contributed by atoms with Gasteiger partial charge in [-0.15, -0.1) is 13.2 Å². The lowest BCUT2D eigenvalue weighted by Gasteiger charge is -2.36. The average molecular weight is 554 g/mol. The Labute approximate surface area is 199 Å². The van der Waals surface area contributed by atoms with Gasteiger partial charge >= 0.3 is 12.2 Å². The van der Waals surface area contributed by atoms with Gasteiger partial charge in [0, 0.05) is 28.4 Å². The maximum Gasteiger partial charge on any atom is 0.573 e. The van der Waals surface area contributed by atoms with Crippen molar-refractivity contribution in [1.82, 2.24) is 9.55 Å². The van der Waals surface area contributed by atoms with Crippen LogP contribution in [0.15, 0.2) is 35.2 Å². The molecule has 13 heteroatoms. The van der Waals surface area contributed by atoms with Crippen LogP contribution in [0.3, 0.4) is 0 Å². The third-order valence-electron chi connectivity index (χ3n) is 5.73. The van der Waals surface area contributed by atoms with Gasteiger partial charge in [-0.05, 0) is 65.1 Å². The number of aromatic nitrogens is 2. The molecule has 2 rings (SSSR count). The summed E-state index contributed by atoms with van der Waals surface area (Å²) in [7, 11) is -2.44. The summed E-state index contributed by atoms with van der Waals surface area (Å²) in [6.45, 7) is 8.34. The third-order valence-corrected chi connectivity index (χ3v) is 9.93. The summed E-state index contributed by atoms with van der Waals surface area (Å²) in [6, 6.07) is 5.08. The van der Waals surface area contributed by atoms with E-state index in [0.29, 0.717) is 29.9 Å². The molecule has 1 atom stereocenters. The van der Waals surface area contributed by atoms with Gasteiger partial charge in [-0.2, -0.15) is 0 Å². The first-order valence-electron chi connectivity index (χ1n) is 10.2. The average Bonchev–Trinajstić information content (AvgIpc) is 3.04. The van der Waals surface area contributed by atoms with Gasteiger partial charge < -0.3 is 24.4 Å². The molecular formula is C20H27BrF3N3O5Si. The topological polar surface area (TPSA) is 99.7 Å². The summed E-state index contributed by atoms with van der Waals surface area (Å²) in [6.07, 6.45) is -2.09. The van der Waals surface area contributed by atoms with Gasteiger partial charge in [0.25, 0.3) is 4.73 Å². The second-order valence-electron chi connectivity index (χ2n) is 8.96. The lowest BCUT2D eigenvalue weighted by molar-refractivity contribution is -0.389. The second kappa shape index (κ2) is 10.4. The standard InChI is InChI=1S/C20H27BrF3N3O5Si/c1-19(2,33(3,4)30)10-9-14(11-26-12-17(27(28)29)25-18(26)21)13-31-15-5-7-16(8-6-15)32-20(22,23)24/h5-8,12,14,30H,9-11,13H2,1-4H3. The summed E-state index contributed by atoms with van der Waals surface area (Å²) in [5.74, 6) is -0.387. The highest BCUT2D eigenvalue weighted by Crippen LogP contribution is 2.41. The summed E-state index contributed by atoms with van der Waals surface area (Å²) in [5, 5.41) is 10.7. The van der Waals surface area contributed by atoms with Crippen molar-refractivity contribution in [2.75, 3.05) is 6.61 Å². The fraction of sp³-hybridized carbons (Fsp3) is 0.550. The Bertz CT molecular complexity index is 946. The van der Waals surface area contributed by atoms with Crippen molar-refractivity contribution in [3.63, 3.8) is 0 Å². The molecule has 33 heavy (non-hydrogen) atoms. The van der Waals surface area contributed by atoms with Crippen molar-refractivity contribution in [1.29, 1.82) is 0 Å². The third kappa shape index (κ3) is 8.30. The molecule has 1 heterocycles. The first-order chi connectivity index (χ1) is 15.1. The Morgan fingerprint density at radius 3 is 2.30 bits per heavy atom. The van der Waals surface area contributed by atoms with Gasteiger partial charge in [-0.25, -0.2) is 0 Å². The van der Waals surface area contributed by atoms with E-state index in [0.717, 1.165) is 12.1 Å². The number of hydrogen-bond donors (Lipinski definition) is 1. The van der Waals surface area contributed by atoms with E-state index in [4.69, 9.17) is 4.74 Å². The van der Waals surface area contributed by atoms with Gasteiger partial charge in [0.05, 0.1) is 6.61 Å². The lowest BCUT2D eigenvalue weighted by Crippen LogP contribution is -2.39. The van der Waals surface area contributed by atoms with Crippen LogP contribution in [0.1, 0.15) is 26.7 Å². The first-order valence-corrected chi connectivity index (χ1v) is 13.9. The zero-order chi connectivity index (χ0) is 25.0. The van der Waals surface area contributed by atoms with Crippen LogP contribution >= 0.6 is 15.9 Å². The molecule has 0 aliphatic carbocycles. The highest BCUT2D eigenvalue weighted by molar-refractivity contribution is 9.10. The van der Waals surface area contributed by atoms with Gasteiger partial charge in [-0.3, -0.25) is 4.57 Å². The van der Waals surface area contributed by atoms with E-state index in [-0.39, 0.29) is 29.1 Å². The van der Waals surface area contributed by atoms with E-state index >= 15 is 0 Å². The fourth-order valence-electron chi connectivity index (χ4n) is 2.92. The van der Waals surface area contributed by atoms with Crippen LogP contribution in [0.5, 0.6) is 11.5 Å². The minimum Gasteiger partial charge on any atom is -0.493 e. The van der Waals surface area contributed by atoms with E-state index in [1.165, 1.54) is 18.3 Å². The Kier molecular flexibility index (Phi) is 8.57. The fourth-order valence-corrected chi connectivity index (χ4v) is 4.11. The quantitative estimate of drug-likeness (QED) is 0.211. The SMILES string of the molecule is CC(C)(CCC(COc1ccc(OC(F)(F)F)cc1)Cn1cc([N+](=O)[O-])nc1Br)[Si](C)(C)O. The molecule has 1 aromatic heterocycles. The predicted octanol–water partition coefficient (Wildman–Crippen LogP) is 5.91. The van der Waals surface area contributed by atoms with Crippen molar-refractivity contribution in [3.05, 3.63) is 45.3 Å². The monoisotopic (exact) mass is 553 g/mol. The second-order valence-corrected chi connectivity index (χ2v) is 14.1. The molecule has 0 radical (unpaired) electrons. The number of nitro groups is 1. The summed E-state index contributed by atoms with van der Waals surface area (Å²) < 4.78 is 48.6. The van der Waals surface area contributed by atoms with E-state index in [9.17, 15) is 28.1 Å². The number of benzene rings is 1. The molecule has 0 amide bonds. The van der Waals surface area contributed by atoms with Crippen molar-refractivity contribution in [3.8, 4) is 11.5 Å². The molecule has 184 valence electrons. The molecule has 2 aromatic rings. The van der Waals surface area contributed by atoms with Crippen LogP contribution in [0.25, 0.3) is 0 Å². The maximum absolute atomic E-state index is 12.3. The molecule has 0 spiro atoms. The highest BCUT2D eigenvalue weighted by Gasteiger charge is 2.38. The minimum absolute atomic E-state index is 0.114. The largest absolute Gasteiger partial charge is 0.573 e. The molecule has 8 nitrogen and oxygen atoms in total. The van der Waals surface area contributed by atoms with Crippen LogP contribution in [-0.2, 0) is 6.54 Å². The van der Waals surface area contributed by atoms with Crippen LogP contribution in [0, 0.1) is 16.0 Å². The van der Waals surface area contributed by atoms with Crippen molar-refractivity contribution in [2.45, 2.75) is 57.7 Å². The van der Waals surface area contributed by atoms with Crippen molar-refractivity contribution >= 4 is 30.1 Å². The maximum atomic E-state index is 12.3. The van der Waals surface area contributed by atoms with Crippen molar-refractivity contribution < 1.29 is 32.4 Å². The number of alkyl halides is 3. The smallest absolute Gasteiger partial charge is 0.493 e. The van der Waals surface area contributed by atoms with E-state index in [1.54, 1.807) is 4.57 Å². The minimum atomic E-state index is -4.77. The molecule has 1 unspecified atom stereocenters. The normalized spacial score (nSPS) is 13.6. The van der Waals surface area contributed by atoms with Gasteiger partial charge in [0.1, 0.15) is 17.7 Å². The van der Waals surface area contributed by atoms with Crippen molar-refractivity contribution in [2.24, 2.45) is 5.92 Å². The Hall–Kier alpha value is -2.12. The summed E-state index contributed by atoms with van der Waals surface area (Å²) >= 11 is 3.23. The summed E-state index contributed by atoms with van der Waals surface area (Å²) in [5.41, 5.74) is 0. The molecule has 0 fully saturated rings. The number of imidazole rings is 1. The molecule has 1 aromatic carbocycles. The Morgan fingerprint density at radius 2 is 1.82 bits per heavy atom. The highest BCUT2D eigenvalue weighted by atomic mass is 79.9. The summed E-state index contributed by atoms with van der Waals surface area (Å²) in [4.78, 5) is 24.9. The predicted molar refractivity (Wildman–Crippen MR) is 122 cm³/mol. The van der Waals surface area contributed by atoms with E-state index in [2.05, 4.69) is 25.7 Å². The molecule has 0 saturated carbocycles. The van der Waals surface area contributed by atoms with Crippen LogP contribution < -0.4 is 9.47 Å². The molecule has 0 bridgehead atoms. The number of rotatable bonds is 11. The number of nitrogens with zero attached hydrogens (tertiary/aromatic N) is 3.